The Morgan fingerprint density at radius 2 is 2.05 bits per heavy atom. The summed E-state index contributed by atoms with van der Waals surface area (Å²) in [6.07, 6.45) is 0. The van der Waals surface area contributed by atoms with Gasteiger partial charge in [0.15, 0.2) is 11.6 Å². The summed E-state index contributed by atoms with van der Waals surface area (Å²) in [6.45, 7) is 3.60. The van der Waals surface area contributed by atoms with Gasteiger partial charge in [0.2, 0.25) is 0 Å². The molecular weight excluding hydrogens is 276 g/mol. The number of benzene rings is 1. The number of ketones is 1. The van der Waals surface area contributed by atoms with Crippen LogP contribution in [0.4, 0.5) is 11.4 Å². The molecule has 8 nitrogen and oxygen atoms in total. The van der Waals surface area contributed by atoms with Crippen molar-refractivity contribution in [1.82, 2.24) is 4.90 Å². The number of para-hydroxylation sites is 2. The van der Waals surface area contributed by atoms with Crippen LogP contribution in [0, 0.1) is 10.1 Å². The van der Waals surface area contributed by atoms with Gasteiger partial charge in [-0.3, -0.25) is 20.3 Å². The molecule has 1 N–H and O–H groups in total. The number of anilines is 1. The van der Waals surface area contributed by atoms with E-state index >= 15 is 0 Å². The molecule has 112 valence electrons. The Bertz CT molecular complexity index is 567. The number of amidine groups is 1. The maximum absolute atomic E-state index is 11.7. The van der Waals surface area contributed by atoms with E-state index in [1.54, 1.807) is 23.1 Å². The van der Waals surface area contributed by atoms with Crippen LogP contribution in [0.15, 0.2) is 29.4 Å². The summed E-state index contributed by atoms with van der Waals surface area (Å²) in [7, 11) is 0. The lowest BCUT2D eigenvalue weighted by Gasteiger charge is -2.28. The minimum atomic E-state index is -0.500. The first kappa shape index (κ1) is 14.9. The number of nitro groups is 1. The molecule has 0 saturated carbocycles. The van der Waals surface area contributed by atoms with Gasteiger partial charge in [-0.2, -0.15) is 5.10 Å². The van der Waals surface area contributed by atoms with Gasteiger partial charge in [-0.05, 0) is 6.07 Å². The zero-order valence-corrected chi connectivity index (χ0v) is 11.6. The number of nitrogens with one attached hydrogen (secondary N) is 1. The number of morpholine rings is 1. The van der Waals surface area contributed by atoms with Gasteiger partial charge in [0.1, 0.15) is 5.69 Å². The van der Waals surface area contributed by atoms with Crippen molar-refractivity contribution >= 4 is 23.0 Å². The smallest absolute Gasteiger partial charge is 0.294 e. The Hall–Kier alpha value is -2.48. The van der Waals surface area contributed by atoms with Crippen molar-refractivity contribution in [3.05, 3.63) is 34.4 Å². The van der Waals surface area contributed by atoms with Crippen molar-refractivity contribution < 1.29 is 14.5 Å². The molecule has 1 heterocycles. The van der Waals surface area contributed by atoms with Crippen LogP contribution >= 0.6 is 0 Å². The molecule has 0 bridgehead atoms. The molecule has 21 heavy (non-hydrogen) atoms. The number of nitro benzene ring substituents is 1. The SMILES string of the molecule is CC(=O)/C(=N\Nc1ccccc1[N+](=O)[O-])N1CCOCC1. The van der Waals surface area contributed by atoms with Crippen molar-refractivity contribution in [2.24, 2.45) is 5.10 Å². The van der Waals surface area contributed by atoms with Crippen LogP contribution in [0.5, 0.6) is 0 Å². The van der Waals surface area contributed by atoms with E-state index < -0.39 is 4.92 Å². The first-order valence-corrected chi connectivity index (χ1v) is 6.50. The molecule has 0 aliphatic carbocycles. The zero-order chi connectivity index (χ0) is 15.2. The highest BCUT2D eigenvalue weighted by atomic mass is 16.6. The maximum atomic E-state index is 11.7. The highest BCUT2D eigenvalue weighted by molar-refractivity contribution is 6.37. The Morgan fingerprint density at radius 3 is 2.67 bits per heavy atom. The number of hydrazone groups is 1. The number of hydrogen-bond donors (Lipinski definition) is 1. The van der Waals surface area contributed by atoms with Gasteiger partial charge in [0, 0.05) is 26.1 Å². The second kappa shape index (κ2) is 6.80. The van der Waals surface area contributed by atoms with Gasteiger partial charge >= 0.3 is 0 Å². The molecule has 0 radical (unpaired) electrons. The minimum absolute atomic E-state index is 0.0915. The second-order valence-corrected chi connectivity index (χ2v) is 4.48. The monoisotopic (exact) mass is 292 g/mol. The average molecular weight is 292 g/mol. The van der Waals surface area contributed by atoms with Gasteiger partial charge in [0.05, 0.1) is 18.1 Å². The molecule has 1 aromatic rings. The molecule has 1 saturated heterocycles. The summed E-state index contributed by atoms with van der Waals surface area (Å²) in [4.78, 5) is 23.9. The fourth-order valence-corrected chi connectivity index (χ4v) is 1.99. The summed E-state index contributed by atoms with van der Waals surface area (Å²) in [5, 5.41) is 15.0. The number of carbonyl (C=O) groups excluding carboxylic acids is 1. The van der Waals surface area contributed by atoms with Gasteiger partial charge in [-0.25, -0.2) is 0 Å². The molecule has 0 unspecified atom stereocenters. The van der Waals surface area contributed by atoms with Crippen molar-refractivity contribution in [2.45, 2.75) is 6.92 Å². The Labute approximate surface area is 121 Å². The summed E-state index contributed by atoms with van der Waals surface area (Å²) < 4.78 is 5.23. The van der Waals surface area contributed by atoms with E-state index in [9.17, 15) is 14.9 Å². The standard InChI is InChI=1S/C13H16N4O4/c1-10(18)13(16-6-8-21-9-7-16)15-14-11-4-2-3-5-12(11)17(19)20/h2-5,14H,6-9H2,1H3/b15-13+. The van der Waals surface area contributed by atoms with E-state index in [0.29, 0.717) is 26.3 Å². The lowest BCUT2D eigenvalue weighted by Crippen LogP contribution is -2.44. The van der Waals surface area contributed by atoms with Crippen molar-refractivity contribution in [2.75, 3.05) is 31.7 Å². The number of carbonyl (C=O) groups is 1. The first-order valence-electron chi connectivity index (χ1n) is 6.50. The number of ether oxygens (including phenoxy) is 1. The van der Waals surface area contributed by atoms with Crippen LogP contribution < -0.4 is 5.43 Å². The highest BCUT2D eigenvalue weighted by Crippen LogP contribution is 2.23. The van der Waals surface area contributed by atoms with Crippen molar-refractivity contribution in [3.63, 3.8) is 0 Å². The molecule has 8 heteroatoms. The summed E-state index contributed by atoms with van der Waals surface area (Å²) >= 11 is 0. The predicted molar refractivity (Wildman–Crippen MR) is 77.2 cm³/mol. The van der Waals surface area contributed by atoms with Crippen LogP contribution in [-0.2, 0) is 9.53 Å². The third-order valence-corrected chi connectivity index (χ3v) is 3.01. The quantitative estimate of drug-likeness (QED) is 0.388. The largest absolute Gasteiger partial charge is 0.378 e. The third-order valence-electron chi connectivity index (χ3n) is 3.01. The molecule has 0 spiro atoms. The molecule has 1 aliphatic rings. The second-order valence-electron chi connectivity index (χ2n) is 4.48. The predicted octanol–water partition coefficient (Wildman–Crippen LogP) is 1.24. The molecule has 1 aliphatic heterocycles. The lowest BCUT2D eigenvalue weighted by molar-refractivity contribution is -0.384. The fourth-order valence-electron chi connectivity index (χ4n) is 1.99. The number of hydrogen-bond acceptors (Lipinski definition) is 6. The molecule has 1 aromatic carbocycles. The van der Waals surface area contributed by atoms with Crippen LogP contribution in [0.2, 0.25) is 0 Å². The summed E-state index contributed by atoms with van der Waals surface area (Å²) in [6, 6.07) is 6.15. The van der Waals surface area contributed by atoms with E-state index in [1.807, 2.05) is 0 Å². The Kier molecular flexibility index (Phi) is 4.83. The normalized spacial score (nSPS) is 15.7. The maximum Gasteiger partial charge on any atom is 0.294 e. The molecule has 0 aromatic heterocycles. The molecule has 0 amide bonds. The Balaban J connectivity index is 2.20. The average Bonchev–Trinajstić information content (AvgIpc) is 2.48. The van der Waals surface area contributed by atoms with E-state index in [4.69, 9.17) is 4.74 Å². The van der Waals surface area contributed by atoms with Gasteiger partial charge < -0.3 is 9.64 Å². The Morgan fingerprint density at radius 1 is 1.38 bits per heavy atom. The number of rotatable bonds is 4. The molecule has 2 rings (SSSR count). The van der Waals surface area contributed by atoms with Crippen LogP contribution in [-0.4, -0.2) is 47.7 Å². The van der Waals surface area contributed by atoms with Crippen LogP contribution in [0.1, 0.15) is 6.92 Å². The third kappa shape index (κ3) is 3.76. The first-order chi connectivity index (χ1) is 10.1. The summed E-state index contributed by atoms with van der Waals surface area (Å²) in [5.74, 6) is 0.0411. The topological polar surface area (TPSA) is 97.1 Å². The van der Waals surface area contributed by atoms with Crippen LogP contribution in [0.3, 0.4) is 0 Å². The molecular formula is C13H16N4O4. The molecule has 0 atom stereocenters. The highest BCUT2D eigenvalue weighted by Gasteiger charge is 2.19. The fraction of sp³-hybridized carbons (Fsp3) is 0.385. The van der Waals surface area contributed by atoms with E-state index in [2.05, 4.69) is 10.5 Å². The summed E-state index contributed by atoms with van der Waals surface area (Å²) in [5.41, 5.74) is 2.77. The van der Waals surface area contributed by atoms with E-state index in [0.717, 1.165) is 0 Å². The zero-order valence-electron chi connectivity index (χ0n) is 11.6. The minimum Gasteiger partial charge on any atom is -0.378 e. The molecule has 1 fully saturated rings. The van der Waals surface area contributed by atoms with Crippen molar-refractivity contribution in [3.8, 4) is 0 Å². The van der Waals surface area contributed by atoms with Gasteiger partial charge in [-0.15, -0.1) is 0 Å². The van der Waals surface area contributed by atoms with Gasteiger partial charge in [-0.1, -0.05) is 12.1 Å². The van der Waals surface area contributed by atoms with E-state index in [1.165, 1.54) is 13.0 Å². The van der Waals surface area contributed by atoms with Crippen LogP contribution in [0.25, 0.3) is 0 Å². The van der Waals surface area contributed by atoms with E-state index in [-0.39, 0.29) is 23.0 Å². The number of nitrogens with zero attached hydrogens (tertiary/aromatic N) is 3. The van der Waals surface area contributed by atoms with Gasteiger partial charge in [0.25, 0.3) is 5.69 Å². The number of Topliss-reactive ketones (excluding diaryl/α,β-unsaturated/α-hetero) is 1. The van der Waals surface area contributed by atoms with Crippen molar-refractivity contribution in [1.29, 1.82) is 0 Å². The lowest BCUT2D eigenvalue weighted by atomic mass is 10.3.